The van der Waals surface area contributed by atoms with Gasteiger partial charge in [0.05, 0.1) is 6.04 Å². The zero-order valence-electron chi connectivity index (χ0n) is 7.91. The van der Waals surface area contributed by atoms with Crippen molar-refractivity contribution in [2.24, 2.45) is 17.2 Å². The van der Waals surface area contributed by atoms with E-state index in [0.717, 1.165) is 12.8 Å². The Bertz CT molecular complexity index is 140. The van der Waals surface area contributed by atoms with Crippen molar-refractivity contribution < 1.29 is 4.79 Å². The van der Waals surface area contributed by atoms with Crippen LogP contribution < -0.4 is 22.5 Å². The number of carbonyl (C=O) groups excluding carboxylic acids is 1. The number of nitrogens with two attached hydrogens (primary N) is 3. The molecule has 0 aromatic heterocycles. The van der Waals surface area contributed by atoms with Crippen molar-refractivity contribution in [3.05, 3.63) is 0 Å². The van der Waals surface area contributed by atoms with Gasteiger partial charge in [-0.1, -0.05) is 0 Å². The van der Waals surface area contributed by atoms with E-state index in [0.29, 0.717) is 26.1 Å². The quantitative estimate of drug-likeness (QED) is 0.423. The van der Waals surface area contributed by atoms with Crippen LogP contribution in [0, 0.1) is 0 Å². The third-order valence-electron chi connectivity index (χ3n) is 1.67. The maximum atomic E-state index is 11.2. The second-order valence-corrected chi connectivity index (χ2v) is 2.90. The molecule has 1 amide bonds. The van der Waals surface area contributed by atoms with Crippen LogP contribution in [0.2, 0.25) is 0 Å². The molecule has 0 saturated heterocycles. The molecule has 77 valence electrons. The lowest BCUT2D eigenvalue weighted by molar-refractivity contribution is -0.122. The summed E-state index contributed by atoms with van der Waals surface area (Å²) in [4.78, 5) is 11.2. The number of hydrogen-bond donors (Lipinski definition) is 3. The highest BCUT2D eigenvalue weighted by molar-refractivity contribution is 5.81. The zero-order chi connectivity index (χ0) is 10.1. The van der Waals surface area contributed by atoms with Gasteiger partial charge >= 0.3 is 0 Å². The standard InChI is InChI=1S/C8H19N4O/c9-4-1-3-7(11)8(13)12-6-2-5-10/h7H,1-6,9-11H2. The van der Waals surface area contributed by atoms with Crippen molar-refractivity contribution in [3.8, 4) is 0 Å². The van der Waals surface area contributed by atoms with E-state index in [1.807, 2.05) is 0 Å². The van der Waals surface area contributed by atoms with Gasteiger partial charge in [0, 0.05) is 6.54 Å². The molecule has 0 saturated carbocycles. The van der Waals surface area contributed by atoms with Crippen LogP contribution in [0.4, 0.5) is 0 Å². The summed E-state index contributed by atoms with van der Waals surface area (Å²) < 4.78 is 0. The van der Waals surface area contributed by atoms with Crippen LogP contribution in [-0.4, -0.2) is 31.6 Å². The summed E-state index contributed by atoms with van der Waals surface area (Å²) in [6.07, 6.45) is 2.11. The van der Waals surface area contributed by atoms with Gasteiger partial charge in [-0.05, 0) is 32.4 Å². The predicted molar refractivity (Wildman–Crippen MR) is 51.9 cm³/mol. The molecule has 0 spiro atoms. The zero-order valence-corrected chi connectivity index (χ0v) is 7.91. The SMILES string of the molecule is NCCC[N]C(=O)C(N)CCCN. The summed E-state index contributed by atoms with van der Waals surface area (Å²) in [6, 6.07) is -0.485. The number of amides is 1. The van der Waals surface area contributed by atoms with Gasteiger partial charge in [0.25, 0.3) is 5.91 Å². The summed E-state index contributed by atoms with van der Waals surface area (Å²) in [6.45, 7) is 1.59. The third-order valence-corrected chi connectivity index (χ3v) is 1.67. The Labute approximate surface area is 79.0 Å². The first-order chi connectivity index (χ1) is 6.22. The molecular formula is C8H19N4O. The van der Waals surface area contributed by atoms with Crippen LogP contribution >= 0.6 is 0 Å². The van der Waals surface area contributed by atoms with Gasteiger partial charge in [0.1, 0.15) is 0 Å². The molecule has 0 aromatic carbocycles. The molecule has 13 heavy (non-hydrogen) atoms. The molecule has 0 bridgehead atoms. The van der Waals surface area contributed by atoms with Crippen LogP contribution in [0.3, 0.4) is 0 Å². The first-order valence-corrected chi connectivity index (χ1v) is 4.59. The van der Waals surface area contributed by atoms with E-state index in [4.69, 9.17) is 17.2 Å². The minimum atomic E-state index is -0.485. The molecule has 0 heterocycles. The molecule has 0 aromatic rings. The van der Waals surface area contributed by atoms with E-state index in [2.05, 4.69) is 5.32 Å². The number of nitrogens with zero attached hydrogens (tertiary/aromatic N) is 1. The van der Waals surface area contributed by atoms with E-state index in [1.165, 1.54) is 0 Å². The van der Waals surface area contributed by atoms with Gasteiger partial charge < -0.3 is 17.2 Å². The molecule has 1 atom stereocenters. The maximum absolute atomic E-state index is 11.2. The topological polar surface area (TPSA) is 109 Å². The second kappa shape index (κ2) is 7.97. The highest BCUT2D eigenvalue weighted by Crippen LogP contribution is 1.93. The Morgan fingerprint density at radius 1 is 1.23 bits per heavy atom. The van der Waals surface area contributed by atoms with E-state index in [9.17, 15) is 4.79 Å². The molecule has 6 N–H and O–H groups in total. The van der Waals surface area contributed by atoms with Crippen LogP contribution in [0.5, 0.6) is 0 Å². The van der Waals surface area contributed by atoms with Gasteiger partial charge in [-0.15, -0.1) is 0 Å². The minimum absolute atomic E-state index is 0.234. The third kappa shape index (κ3) is 6.51. The Morgan fingerprint density at radius 3 is 2.38 bits per heavy atom. The normalized spacial score (nSPS) is 12.5. The summed E-state index contributed by atoms with van der Waals surface area (Å²) in [5.74, 6) is -0.234. The fourth-order valence-corrected chi connectivity index (χ4v) is 0.859. The molecule has 5 heteroatoms. The van der Waals surface area contributed by atoms with E-state index >= 15 is 0 Å². The number of hydrogen-bond acceptors (Lipinski definition) is 4. The molecule has 1 radical (unpaired) electrons. The lowest BCUT2D eigenvalue weighted by atomic mass is 10.1. The van der Waals surface area contributed by atoms with E-state index < -0.39 is 6.04 Å². The highest BCUT2D eigenvalue weighted by atomic mass is 16.2. The van der Waals surface area contributed by atoms with Crippen LogP contribution in [0.15, 0.2) is 0 Å². The molecule has 0 aliphatic rings. The summed E-state index contributed by atoms with van der Waals surface area (Å²) in [7, 11) is 0. The Balaban J connectivity index is 3.45. The molecule has 0 rings (SSSR count). The van der Waals surface area contributed by atoms with Gasteiger partial charge in [0.2, 0.25) is 0 Å². The lowest BCUT2D eigenvalue weighted by Crippen LogP contribution is -2.37. The van der Waals surface area contributed by atoms with Gasteiger partial charge in [-0.3, -0.25) is 10.1 Å². The summed E-state index contributed by atoms with van der Waals surface area (Å²) in [5.41, 5.74) is 16.1. The Hall–Kier alpha value is -0.650. The Morgan fingerprint density at radius 2 is 1.85 bits per heavy atom. The first kappa shape index (κ1) is 12.3. The van der Waals surface area contributed by atoms with E-state index in [1.54, 1.807) is 0 Å². The average Bonchev–Trinajstić information content (AvgIpc) is 2.14. The fourth-order valence-electron chi connectivity index (χ4n) is 0.859. The van der Waals surface area contributed by atoms with Crippen LogP contribution in [0.25, 0.3) is 0 Å². The van der Waals surface area contributed by atoms with Crippen molar-refractivity contribution in [1.82, 2.24) is 5.32 Å². The van der Waals surface area contributed by atoms with Gasteiger partial charge in [-0.2, -0.15) is 0 Å². The van der Waals surface area contributed by atoms with Crippen LogP contribution in [0.1, 0.15) is 19.3 Å². The van der Waals surface area contributed by atoms with Gasteiger partial charge in [0.15, 0.2) is 0 Å². The lowest BCUT2D eigenvalue weighted by Gasteiger charge is -2.08. The minimum Gasteiger partial charge on any atom is -0.330 e. The first-order valence-electron chi connectivity index (χ1n) is 4.59. The molecule has 0 aliphatic carbocycles. The van der Waals surface area contributed by atoms with Gasteiger partial charge in [-0.25, -0.2) is 0 Å². The molecule has 0 aliphatic heterocycles. The maximum Gasteiger partial charge on any atom is 0.258 e. The van der Waals surface area contributed by atoms with Crippen molar-refractivity contribution >= 4 is 5.91 Å². The van der Waals surface area contributed by atoms with Crippen LogP contribution in [-0.2, 0) is 4.79 Å². The monoisotopic (exact) mass is 187 g/mol. The molecule has 0 fully saturated rings. The molecular weight excluding hydrogens is 168 g/mol. The summed E-state index contributed by atoms with van der Waals surface area (Å²) >= 11 is 0. The van der Waals surface area contributed by atoms with E-state index in [-0.39, 0.29) is 5.91 Å². The van der Waals surface area contributed by atoms with Crippen molar-refractivity contribution in [2.45, 2.75) is 25.3 Å². The van der Waals surface area contributed by atoms with Crippen molar-refractivity contribution in [1.29, 1.82) is 0 Å². The Kier molecular flexibility index (Phi) is 7.57. The smallest absolute Gasteiger partial charge is 0.258 e. The fraction of sp³-hybridized carbons (Fsp3) is 0.875. The predicted octanol–water partition coefficient (Wildman–Crippen LogP) is -1.47. The second-order valence-electron chi connectivity index (χ2n) is 2.90. The van der Waals surface area contributed by atoms with Crippen molar-refractivity contribution in [3.63, 3.8) is 0 Å². The molecule has 5 nitrogen and oxygen atoms in total. The van der Waals surface area contributed by atoms with Crippen molar-refractivity contribution in [2.75, 3.05) is 19.6 Å². The highest BCUT2D eigenvalue weighted by Gasteiger charge is 2.12. The average molecular weight is 187 g/mol. The number of carbonyl (C=O) groups is 1. The molecule has 1 unspecified atom stereocenters. The summed E-state index contributed by atoms with van der Waals surface area (Å²) in [5, 5.41) is 3.78. The number of rotatable bonds is 7. The largest absolute Gasteiger partial charge is 0.330 e.